The molecule has 0 saturated carbocycles. The Morgan fingerprint density at radius 2 is 2.10 bits per heavy atom. The molecule has 110 valence electrons. The highest BCUT2D eigenvalue weighted by molar-refractivity contribution is 5.62. The van der Waals surface area contributed by atoms with Crippen molar-refractivity contribution in [3.8, 4) is 5.88 Å². The number of rotatable bonds is 6. The van der Waals surface area contributed by atoms with E-state index < -0.39 is 4.92 Å². The first-order chi connectivity index (χ1) is 9.31. The topological polar surface area (TPSA) is 90.2 Å². The fourth-order valence-electron chi connectivity index (χ4n) is 1.46. The van der Waals surface area contributed by atoms with Crippen LogP contribution >= 0.6 is 0 Å². The van der Waals surface area contributed by atoms with Crippen molar-refractivity contribution < 1.29 is 9.66 Å². The van der Waals surface area contributed by atoms with E-state index in [1.165, 1.54) is 0 Å². The van der Waals surface area contributed by atoms with E-state index in [1.54, 1.807) is 13.0 Å². The van der Waals surface area contributed by atoms with Crippen LogP contribution in [0.2, 0.25) is 0 Å². The molecule has 1 heterocycles. The summed E-state index contributed by atoms with van der Waals surface area (Å²) in [6.07, 6.45) is 1.60. The minimum absolute atomic E-state index is 0.0102. The monoisotopic (exact) mass is 280 g/mol. The highest BCUT2D eigenvalue weighted by atomic mass is 16.6. The van der Waals surface area contributed by atoms with Gasteiger partial charge >= 0.3 is 5.69 Å². The summed E-state index contributed by atoms with van der Waals surface area (Å²) in [5, 5.41) is 14.1. The molecule has 0 aliphatic rings. The quantitative estimate of drug-likeness (QED) is 0.489. The zero-order chi connectivity index (χ0) is 15.3. The lowest BCUT2D eigenvalue weighted by Crippen LogP contribution is -2.19. The second-order valence-corrected chi connectivity index (χ2v) is 5.16. The van der Waals surface area contributed by atoms with Gasteiger partial charge in [-0.05, 0) is 6.92 Å². The van der Waals surface area contributed by atoms with Gasteiger partial charge in [-0.15, -0.1) is 6.58 Å². The number of hydrogen-bond donors (Lipinski definition) is 1. The maximum Gasteiger partial charge on any atom is 0.372 e. The molecule has 0 bridgehead atoms. The molecule has 0 aliphatic carbocycles. The normalized spacial score (nSPS) is 11.0. The predicted octanol–water partition coefficient (Wildman–Crippen LogP) is 2.68. The van der Waals surface area contributed by atoms with Crippen LogP contribution in [0.1, 0.15) is 33.5 Å². The molecular formula is C13H20N4O3. The molecule has 1 aromatic rings. The van der Waals surface area contributed by atoms with Crippen molar-refractivity contribution in [2.24, 2.45) is 0 Å². The van der Waals surface area contributed by atoms with Crippen molar-refractivity contribution in [1.82, 2.24) is 9.97 Å². The zero-order valence-corrected chi connectivity index (χ0v) is 12.3. The van der Waals surface area contributed by atoms with E-state index in [9.17, 15) is 10.1 Å². The average molecular weight is 280 g/mol. The van der Waals surface area contributed by atoms with Crippen LogP contribution in [0, 0.1) is 10.1 Å². The molecule has 0 radical (unpaired) electrons. The molecule has 7 heteroatoms. The molecule has 1 aromatic heterocycles. The van der Waals surface area contributed by atoms with Crippen LogP contribution in [0.3, 0.4) is 0 Å². The summed E-state index contributed by atoms with van der Waals surface area (Å²) in [5.74, 6) is 0.625. The van der Waals surface area contributed by atoms with E-state index in [1.807, 2.05) is 20.8 Å². The number of nitrogens with one attached hydrogen (secondary N) is 1. The SMILES string of the molecule is C=CCNc1nc(C(C)(C)C)nc(OCC)c1[N+](=O)[O-]. The number of aromatic nitrogens is 2. The number of nitrogens with zero attached hydrogens (tertiary/aromatic N) is 3. The van der Waals surface area contributed by atoms with Crippen molar-refractivity contribution in [2.45, 2.75) is 33.1 Å². The summed E-state index contributed by atoms with van der Waals surface area (Å²) < 4.78 is 5.30. The van der Waals surface area contributed by atoms with Crippen LogP contribution in [0.5, 0.6) is 5.88 Å². The highest BCUT2D eigenvalue weighted by Gasteiger charge is 2.29. The number of ether oxygens (including phenoxy) is 1. The third-order valence-electron chi connectivity index (χ3n) is 2.40. The van der Waals surface area contributed by atoms with Gasteiger partial charge in [0.2, 0.25) is 5.82 Å². The second kappa shape index (κ2) is 6.31. The fourth-order valence-corrected chi connectivity index (χ4v) is 1.46. The molecule has 0 amide bonds. The molecule has 0 aliphatic heterocycles. The third-order valence-corrected chi connectivity index (χ3v) is 2.40. The zero-order valence-electron chi connectivity index (χ0n) is 12.3. The van der Waals surface area contributed by atoms with Crippen molar-refractivity contribution in [3.05, 3.63) is 28.6 Å². The van der Waals surface area contributed by atoms with E-state index in [4.69, 9.17) is 4.74 Å². The maximum absolute atomic E-state index is 11.2. The van der Waals surface area contributed by atoms with Crippen LogP contribution in [0.25, 0.3) is 0 Å². The van der Waals surface area contributed by atoms with Crippen LogP contribution in [-0.2, 0) is 5.41 Å². The van der Waals surface area contributed by atoms with Gasteiger partial charge in [0.15, 0.2) is 0 Å². The van der Waals surface area contributed by atoms with Gasteiger partial charge in [0.1, 0.15) is 5.82 Å². The standard InChI is InChI=1S/C13H20N4O3/c1-6-8-14-10-9(17(18)19)11(20-7-2)16-12(15-10)13(3,4)5/h6H,1,7-8H2,2-5H3,(H,14,15,16). The Morgan fingerprint density at radius 3 is 2.55 bits per heavy atom. The van der Waals surface area contributed by atoms with Gasteiger partial charge in [0.05, 0.1) is 11.5 Å². The van der Waals surface area contributed by atoms with E-state index in [2.05, 4.69) is 21.9 Å². The van der Waals surface area contributed by atoms with Gasteiger partial charge < -0.3 is 10.1 Å². The molecular weight excluding hydrogens is 260 g/mol. The van der Waals surface area contributed by atoms with Gasteiger partial charge in [0.25, 0.3) is 5.88 Å². The minimum atomic E-state index is -0.539. The number of nitro groups is 1. The Bertz CT molecular complexity index is 509. The number of anilines is 1. The molecule has 1 rings (SSSR count). The van der Waals surface area contributed by atoms with E-state index >= 15 is 0 Å². The molecule has 20 heavy (non-hydrogen) atoms. The molecule has 1 N–H and O–H groups in total. The molecule has 7 nitrogen and oxygen atoms in total. The van der Waals surface area contributed by atoms with Crippen LogP contribution < -0.4 is 10.1 Å². The Balaban J connectivity index is 3.45. The van der Waals surface area contributed by atoms with Crippen LogP contribution in [0.15, 0.2) is 12.7 Å². The summed E-state index contributed by atoms with van der Waals surface area (Å²) in [6, 6.07) is 0. The summed E-state index contributed by atoms with van der Waals surface area (Å²) in [5.41, 5.74) is -0.590. The van der Waals surface area contributed by atoms with Gasteiger partial charge in [-0.1, -0.05) is 26.8 Å². The van der Waals surface area contributed by atoms with E-state index in [0.717, 1.165) is 0 Å². The van der Waals surface area contributed by atoms with Crippen LogP contribution in [-0.4, -0.2) is 28.0 Å². The fraction of sp³-hybridized carbons (Fsp3) is 0.538. The summed E-state index contributed by atoms with van der Waals surface area (Å²) in [7, 11) is 0. The van der Waals surface area contributed by atoms with E-state index in [0.29, 0.717) is 19.0 Å². The van der Waals surface area contributed by atoms with Gasteiger partial charge in [-0.3, -0.25) is 10.1 Å². The van der Waals surface area contributed by atoms with Gasteiger partial charge in [-0.25, -0.2) is 4.98 Å². The van der Waals surface area contributed by atoms with Gasteiger partial charge in [0, 0.05) is 12.0 Å². The molecule has 0 spiro atoms. The van der Waals surface area contributed by atoms with Crippen molar-refractivity contribution in [1.29, 1.82) is 0 Å². The summed E-state index contributed by atoms with van der Waals surface area (Å²) >= 11 is 0. The molecule has 0 saturated heterocycles. The largest absolute Gasteiger partial charge is 0.473 e. The Hall–Kier alpha value is -2.18. The highest BCUT2D eigenvalue weighted by Crippen LogP contribution is 2.34. The molecule has 0 aromatic carbocycles. The van der Waals surface area contributed by atoms with Crippen molar-refractivity contribution >= 4 is 11.5 Å². The van der Waals surface area contributed by atoms with Crippen molar-refractivity contribution in [2.75, 3.05) is 18.5 Å². The van der Waals surface area contributed by atoms with Crippen molar-refractivity contribution in [3.63, 3.8) is 0 Å². The molecule has 0 atom stereocenters. The van der Waals surface area contributed by atoms with Gasteiger partial charge in [-0.2, -0.15) is 4.98 Å². The first-order valence-electron chi connectivity index (χ1n) is 6.35. The second-order valence-electron chi connectivity index (χ2n) is 5.16. The molecule has 0 unspecified atom stereocenters. The lowest BCUT2D eigenvalue weighted by atomic mass is 9.96. The lowest BCUT2D eigenvalue weighted by Gasteiger charge is -2.18. The molecule has 0 fully saturated rings. The maximum atomic E-state index is 11.2. The summed E-state index contributed by atoms with van der Waals surface area (Å²) in [4.78, 5) is 19.1. The minimum Gasteiger partial charge on any atom is -0.473 e. The smallest absolute Gasteiger partial charge is 0.372 e. The Kier molecular flexibility index (Phi) is 5.01. The third kappa shape index (κ3) is 3.66. The Labute approximate surface area is 118 Å². The first-order valence-corrected chi connectivity index (χ1v) is 6.35. The number of hydrogen-bond acceptors (Lipinski definition) is 6. The Morgan fingerprint density at radius 1 is 1.45 bits per heavy atom. The predicted molar refractivity (Wildman–Crippen MR) is 77.2 cm³/mol. The first kappa shape index (κ1) is 15.9. The average Bonchev–Trinajstić information content (AvgIpc) is 2.34. The lowest BCUT2D eigenvalue weighted by molar-refractivity contribution is -0.385. The van der Waals surface area contributed by atoms with E-state index in [-0.39, 0.29) is 22.8 Å². The summed E-state index contributed by atoms with van der Waals surface area (Å²) in [6.45, 7) is 11.8. The van der Waals surface area contributed by atoms with Crippen LogP contribution in [0.4, 0.5) is 11.5 Å².